The summed E-state index contributed by atoms with van der Waals surface area (Å²) in [6.07, 6.45) is 0. The second-order valence-corrected chi connectivity index (χ2v) is 15.1. The molecule has 11 rings (SSSR count). The van der Waals surface area contributed by atoms with Gasteiger partial charge in [0.1, 0.15) is 5.82 Å². The SMILES string of the molecule is c1ccc(-c2ccc(-c3cc(-n4c5ccccc5c5cc6sc7ccccc7c6cc54)nc(-c4cccc5sc6ccccc6c45)n3)cc2)cc1. The lowest BCUT2D eigenvalue weighted by Gasteiger charge is -2.13. The lowest BCUT2D eigenvalue weighted by molar-refractivity contribution is 1.05. The van der Waals surface area contributed by atoms with E-state index in [0.29, 0.717) is 0 Å². The zero-order chi connectivity index (χ0) is 33.5. The fourth-order valence-corrected chi connectivity index (χ4v) is 9.94. The van der Waals surface area contributed by atoms with Gasteiger partial charge in [-0.3, -0.25) is 4.57 Å². The maximum atomic E-state index is 5.46. The maximum absolute atomic E-state index is 5.46. The van der Waals surface area contributed by atoms with Crippen molar-refractivity contribution in [3.8, 4) is 39.6 Å². The first-order valence-corrected chi connectivity index (χ1v) is 18.7. The first-order valence-electron chi connectivity index (χ1n) is 17.1. The number of para-hydroxylation sites is 1. The average Bonchev–Trinajstić information content (AvgIpc) is 3.86. The van der Waals surface area contributed by atoms with Gasteiger partial charge >= 0.3 is 0 Å². The third kappa shape index (κ3) is 4.49. The van der Waals surface area contributed by atoms with E-state index in [2.05, 4.69) is 168 Å². The van der Waals surface area contributed by atoms with E-state index in [4.69, 9.17) is 9.97 Å². The molecule has 7 aromatic carbocycles. The van der Waals surface area contributed by atoms with Crippen molar-refractivity contribution in [1.82, 2.24) is 14.5 Å². The van der Waals surface area contributed by atoms with Crippen LogP contribution in [0.1, 0.15) is 0 Å². The van der Waals surface area contributed by atoms with Crippen LogP contribution in [0.2, 0.25) is 0 Å². The molecule has 0 amide bonds. The molecule has 0 aliphatic carbocycles. The van der Waals surface area contributed by atoms with Gasteiger partial charge in [-0.15, -0.1) is 22.7 Å². The smallest absolute Gasteiger partial charge is 0.162 e. The van der Waals surface area contributed by atoms with E-state index in [-0.39, 0.29) is 0 Å². The van der Waals surface area contributed by atoms with Gasteiger partial charge in [-0.05, 0) is 47.5 Å². The molecule has 3 nitrogen and oxygen atoms in total. The van der Waals surface area contributed by atoms with Gasteiger partial charge in [0.05, 0.1) is 16.7 Å². The predicted molar refractivity (Wildman–Crippen MR) is 218 cm³/mol. The van der Waals surface area contributed by atoms with Crippen LogP contribution in [-0.2, 0) is 0 Å². The third-order valence-electron chi connectivity index (χ3n) is 10.0. The molecule has 0 aliphatic heterocycles. The summed E-state index contributed by atoms with van der Waals surface area (Å²) in [5.74, 6) is 1.57. The van der Waals surface area contributed by atoms with E-state index in [1.165, 1.54) is 62.2 Å². The fraction of sp³-hybridized carbons (Fsp3) is 0. The summed E-state index contributed by atoms with van der Waals surface area (Å²) in [6, 6.07) is 58.8. The molecule has 0 bridgehead atoms. The van der Waals surface area contributed by atoms with Crippen LogP contribution in [0.4, 0.5) is 0 Å². The number of fused-ring (bicyclic) bond motifs is 9. The Morgan fingerprint density at radius 1 is 0.392 bits per heavy atom. The highest BCUT2D eigenvalue weighted by Crippen LogP contribution is 2.42. The normalized spacial score (nSPS) is 11.9. The molecule has 238 valence electrons. The maximum Gasteiger partial charge on any atom is 0.162 e. The Morgan fingerprint density at radius 2 is 1.04 bits per heavy atom. The Kier molecular flexibility index (Phi) is 6.29. The Balaban J connectivity index is 1.21. The van der Waals surface area contributed by atoms with Gasteiger partial charge in [0, 0.05) is 68.3 Å². The molecular weight excluding hydrogens is 659 g/mol. The van der Waals surface area contributed by atoms with Crippen molar-refractivity contribution in [2.75, 3.05) is 0 Å². The first kappa shape index (κ1) is 28.7. The highest BCUT2D eigenvalue weighted by Gasteiger charge is 2.20. The summed E-state index contributed by atoms with van der Waals surface area (Å²) in [4.78, 5) is 10.8. The highest BCUT2D eigenvalue weighted by atomic mass is 32.1. The van der Waals surface area contributed by atoms with Crippen LogP contribution in [0.15, 0.2) is 164 Å². The molecule has 5 heteroatoms. The van der Waals surface area contributed by atoms with Gasteiger partial charge in [0.2, 0.25) is 0 Å². The van der Waals surface area contributed by atoms with Gasteiger partial charge in [-0.2, -0.15) is 0 Å². The topological polar surface area (TPSA) is 30.7 Å². The van der Waals surface area contributed by atoms with E-state index in [9.17, 15) is 0 Å². The second-order valence-electron chi connectivity index (χ2n) is 13.0. The molecule has 0 N–H and O–H groups in total. The molecular formula is C46H27N3S2. The minimum absolute atomic E-state index is 0.719. The van der Waals surface area contributed by atoms with Crippen LogP contribution in [0.25, 0.3) is 102 Å². The van der Waals surface area contributed by atoms with E-state index >= 15 is 0 Å². The number of hydrogen-bond donors (Lipinski definition) is 0. The highest BCUT2D eigenvalue weighted by molar-refractivity contribution is 7.26. The van der Waals surface area contributed by atoms with E-state index in [1.54, 1.807) is 0 Å². The molecule has 0 radical (unpaired) electrons. The van der Waals surface area contributed by atoms with Crippen molar-refractivity contribution in [3.05, 3.63) is 164 Å². The molecule has 51 heavy (non-hydrogen) atoms. The molecule has 0 fully saturated rings. The molecule has 0 unspecified atom stereocenters. The van der Waals surface area contributed by atoms with Crippen LogP contribution in [0, 0.1) is 0 Å². The molecule has 0 aliphatic rings. The number of nitrogens with zero attached hydrogens (tertiary/aromatic N) is 3. The quantitative estimate of drug-likeness (QED) is 0.185. The average molecular weight is 686 g/mol. The summed E-state index contributed by atoms with van der Waals surface area (Å²) in [5, 5.41) is 7.44. The van der Waals surface area contributed by atoms with Crippen molar-refractivity contribution < 1.29 is 0 Å². The van der Waals surface area contributed by atoms with E-state index in [1.807, 2.05) is 22.7 Å². The number of benzene rings is 7. The van der Waals surface area contributed by atoms with E-state index in [0.717, 1.165) is 39.5 Å². The number of hydrogen-bond acceptors (Lipinski definition) is 4. The van der Waals surface area contributed by atoms with Crippen molar-refractivity contribution in [2.45, 2.75) is 0 Å². The fourth-order valence-electron chi connectivity index (χ4n) is 7.68. The summed E-state index contributed by atoms with van der Waals surface area (Å²) in [6.45, 7) is 0. The number of aromatic nitrogens is 3. The lowest BCUT2D eigenvalue weighted by Crippen LogP contribution is -2.02. The van der Waals surface area contributed by atoms with Gasteiger partial charge in [0.25, 0.3) is 0 Å². The minimum Gasteiger partial charge on any atom is -0.294 e. The van der Waals surface area contributed by atoms with Crippen LogP contribution in [0.3, 0.4) is 0 Å². The van der Waals surface area contributed by atoms with Gasteiger partial charge in [-0.25, -0.2) is 9.97 Å². The Morgan fingerprint density at radius 3 is 1.88 bits per heavy atom. The Bertz CT molecular complexity index is 3130. The van der Waals surface area contributed by atoms with Crippen molar-refractivity contribution in [2.24, 2.45) is 0 Å². The number of rotatable bonds is 4. The molecule has 0 saturated carbocycles. The largest absolute Gasteiger partial charge is 0.294 e. The molecule has 0 saturated heterocycles. The molecule has 4 aromatic heterocycles. The molecule has 11 aromatic rings. The molecule has 0 atom stereocenters. The van der Waals surface area contributed by atoms with Gasteiger partial charge in [0.15, 0.2) is 5.82 Å². The zero-order valence-electron chi connectivity index (χ0n) is 27.2. The Hall–Kier alpha value is -6.14. The minimum atomic E-state index is 0.719. The molecule has 4 heterocycles. The lowest BCUT2D eigenvalue weighted by atomic mass is 10.0. The van der Waals surface area contributed by atoms with Crippen molar-refractivity contribution in [1.29, 1.82) is 0 Å². The van der Waals surface area contributed by atoms with Crippen LogP contribution < -0.4 is 0 Å². The third-order valence-corrected chi connectivity index (χ3v) is 12.3. The Labute approximate surface area is 301 Å². The van der Waals surface area contributed by atoms with E-state index < -0.39 is 0 Å². The van der Waals surface area contributed by atoms with Crippen LogP contribution >= 0.6 is 22.7 Å². The van der Waals surface area contributed by atoms with Crippen molar-refractivity contribution in [3.63, 3.8) is 0 Å². The summed E-state index contributed by atoms with van der Waals surface area (Å²) < 4.78 is 7.44. The van der Waals surface area contributed by atoms with Crippen LogP contribution in [0.5, 0.6) is 0 Å². The standard InChI is InChI=1S/C46H27N3S2/c1-2-11-28(12-3-1)29-21-23-30(24-22-29)37-27-44(48-46(47-37)34-16-10-20-42-45(34)33-15-6-9-19-41(33)50-42)49-38-17-7-4-13-31(38)35-26-43-36(25-39(35)49)32-14-5-8-18-40(32)51-43/h1-27H. The monoisotopic (exact) mass is 685 g/mol. The number of thiophene rings is 2. The van der Waals surface area contributed by atoms with Gasteiger partial charge < -0.3 is 0 Å². The summed E-state index contributed by atoms with van der Waals surface area (Å²) in [5.41, 5.74) is 7.62. The van der Waals surface area contributed by atoms with Gasteiger partial charge in [-0.1, -0.05) is 121 Å². The van der Waals surface area contributed by atoms with Crippen molar-refractivity contribution >= 4 is 84.8 Å². The zero-order valence-corrected chi connectivity index (χ0v) is 28.9. The van der Waals surface area contributed by atoms with Crippen LogP contribution in [-0.4, -0.2) is 14.5 Å². The first-order chi connectivity index (χ1) is 25.3. The predicted octanol–water partition coefficient (Wildman–Crippen LogP) is 13.3. The summed E-state index contributed by atoms with van der Waals surface area (Å²) in [7, 11) is 0. The molecule has 0 spiro atoms. The summed E-state index contributed by atoms with van der Waals surface area (Å²) >= 11 is 3.68. The second kappa shape index (κ2) is 11.2.